The number of halogens is 1. The van der Waals surface area contributed by atoms with Crippen molar-refractivity contribution in [3.8, 4) is 17.0 Å². The van der Waals surface area contributed by atoms with Gasteiger partial charge in [-0.3, -0.25) is 15.2 Å². The molecule has 3 unspecified atom stereocenters. The van der Waals surface area contributed by atoms with Gasteiger partial charge in [-0.15, -0.1) is 0 Å². The lowest BCUT2D eigenvalue weighted by molar-refractivity contribution is -0.129. The standard InChI is InChI=1S/C32H37ClN8O3/c1-6-23(43)40-14-18(4)41-20(15-40)10-12-44-30-25(31(41)36)32(38-27-17(3)9-11-37-28(27)19(5)42)39-29(26(30)33)24-16(2)7-8-22(35)21(24)13-34/h6-9,11,13,18-20,34,36,42H,1,10,12,14-15,35H2,2-5H3,(H,38,39). The van der Waals surface area contributed by atoms with Crippen molar-refractivity contribution in [2.45, 2.75) is 52.3 Å². The molecule has 1 saturated heterocycles. The van der Waals surface area contributed by atoms with E-state index in [0.29, 0.717) is 59.0 Å². The van der Waals surface area contributed by atoms with Crippen molar-refractivity contribution in [3.63, 3.8) is 0 Å². The van der Waals surface area contributed by atoms with Crippen LogP contribution in [-0.4, -0.2) is 74.6 Å². The number of benzene rings is 1. The van der Waals surface area contributed by atoms with Gasteiger partial charge in [-0.1, -0.05) is 24.2 Å². The molecule has 0 bridgehead atoms. The van der Waals surface area contributed by atoms with Gasteiger partial charge in [0.25, 0.3) is 0 Å². The zero-order valence-corrected chi connectivity index (χ0v) is 26.0. The number of nitrogens with one attached hydrogen (secondary N) is 3. The fraction of sp³-hybridized carbons (Fsp3) is 0.344. The summed E-state index contributed by atoms with van der Waals surface area (Å²) in [5, 5.41) is 31.8. The highest BCUT2D eigenvalue weighted by Gasteiger charge is 2.40. The summed E-state index contributed by atoms with van der Waals surface area (Å²) in [5.41, 5.74) is 11.0. The molecule has 11 nitrogen and oxygen atoms in total. The number of carbonyl (C=O) groups is 1. The van der Waals surface area contributed by atoms with E-state index >= 15 is 0 Å². The van der Waals surface area contributed by atoms with Gasteiger partial charge in [-0.25, -0.2) is 4.98 Å². The number of carbonyl (C=O) groups excluding carboxylic acids is 1. The quantitative estimate of drug-likeness (QED) is 0.147. The number of aliphatic hydroxyl groups is 1. The van der Waals surface area contributed by atoms with Crippen LogP contribution in [0, 0.1) is 24.7 Å². The first-order valence-electron chi connectivity index (χ1n) is 14.4. The molecular formula is C32H37ClN8O3. The lowest BCUT2D eigenvalue weighted by Gasteiger charge is -2.48. The smallest absolute Gasteiger partial charge is 0.246 e. The predicted molar refractivity (Wildman–Crippen MR) is 173 cm³/mol. The van der Waals surface area contributed by atoms with Gasteiger partial charge in [0.15, 0.2) is 5.75 Å². The largest absolute Gasteiger partial charge is 0.491 e. The number of hydrogen-bond acceptors (Lipinski definition) is 9. The van der Waals surface area contributed by atoms with Crippen LogP contribution in [0.25, 0.3) is 11.3 Å². The number of rotatable bonds is 6. The van der Waals surface area contributed by atoms with Crippen LogP contribution in [0.15, 0.2) is 37.1 Å². The first kappa shape index (κ1) is 31.0. The molecule has 6 N–H and O–H groups in total. The number of aromatic nitrogens is 2. The van der Waals surface area contributed by atoms with Crippen molar-refractivity contribution < 1.29 is 14.6 Å². The topological polar surface area (TPSA) is 165 Å². The maximum Gasteiger partial charge on any atom is 0.246 e. The molecule has 12 heteroatoms. The van der Waals surface area contributed by atoms with Gasteiger partial charge in [-0.05, 0) is 57.0 Å². The molecule has 1 aromatic carbocycles. The Morgan fingerprint density at radius 1 is 1.27 bits per heavy atom. The molecule has 4 heterocycles. The zero-order valence-electron chi connectivity index (χ0n) is 25.2. The molecule has 230 valence electrons. The van der Waals surface area contributed by atoms with Gasteiger partial charge < -0.3 is 36.1 Å². The number of fused-ring (bicyclic) bond motifs is 2. The molecule has 5 rings (SSSR count). The van der Waals surface area contributed by atoms with E-state index < -0.39 is 6.10 Å². The zero-order chi connectivity index (χ0) is 31.9. The summed E-state index contributed by atoms with van der Waals surface area (Å²) in [5.74, 6) is 0.540. The van der Waals surface area contributed by atoms with Crippen molar-refractivity contribution >= 4 is 46.8 Å². The molecule has 0 saturated carbocycles. The van der Waals surface area contributed by atoms with E-state index in [1.54, 1.807) is 24.1 Å². The van der Waals surface area contributed by atoms with Crippen LogP contribution in [0.5, 0.6) is 5.75 Å². The number of aryl methyl sites for hydroxylation is 2. The number of pyridine rings is 2. The number of amidine groups is 1. The number of nitrogen functional groups attached to an aromatic ring is 1. The third kappa shape index (κ3) is 5.37. The predicted octanol–water partition coefficient (Wildman–Crippen LogP) is 4.99. The van der Waals surface area contributed by atoms with Gasteiger partial charge in [-0.2, -0.15) is 0 Å². The second-order valence-electron chi connectivity index (χ2n) is 11.3. The summed E-state index contributed by atoms with van der Waals surface area (Å²) in [7, 11) is 0. The molecule has 1 amide bonds. The highest BCUT2D eigenvalue weighted by atomic mass is 35.5. The van der Waals surface area contributed by atoms with Crippen molar-refractivity contribution in [1.29, 1.82) is 10.8 Å². The molecule has 0 aliphatic carbocycles. The summed E-state index contributed by atoms with van der Waals surface area (Å²) in [6.07, 6.45) is 3.77. The Morgan fingerprint density at radius 2 is 2.02 bits per heavy atom. The normalized spacial score (nSPS) is 18.7. The Bertz CT molecular complexity index is 1670. The van der Waals surface area contributed by atoms with E-state index in [1.807, 2.05) is 37.8 Å². The Hall–Kier alpha value is -4.48. The van der Waals surface area contributed by atoms with Crippen LogP contribution in [0.2, 0.25) is 5.02 Å². The average Bonchev–Trinajstić information content (AvgIpc) is 2.98. The van der Waals surface area contributed by atoms with E-state index in [9.17, 15) is 15.3 Å². The third-order valence-electron chi connectivity index (χ3n) is 8.25. The van der Waals surface area contributed by atoms with Crippen molar-refractivity contribution in [1.82, 2.24) is 19.8 Å². The van der Waals surface area contributed by atoms with E-state index in [4.69, 9.17) is 32.5 Å². The van der Waals surface area contributed by atoms with Crippen LogP contribution in [0.4, 0.5) is 17.2 Å². The fourth-order valence-corrected chi connectivity index (χ4v) is 6.38. The molecule has 44 heavy (non-hydrogen) atoms. The van der Waals surface area contributed by atoms with E-state index in [0.717, 1.165) is 11.1 Å². The highest BCUT2D eigenvalue weighted by molar-refractivity contribution is 6.36. The second-order valence-corrected chi connectivity index (χ2v) is 11.6. The molecule has 3 atom stereocenters. The molecular weight excluding hydrogens is 580 g/mol. The van der Waals surface area contributed by atoms with Crippen LogP contribution < -0.4 is 15.8 Å². The minimum atomic E-state index is -0.887. The van der Waals surface area contributed by atoms with Crippen LogP contribution in [-0.2, 0) is 4.79 Å². The molecule has 2 aromatic heterocycles. The lowest BCUT2D eigenvalue weighted by atomic mass is 9.95. The average molecular weight is 617 g/mol. The molecule has 0 radical (unpaired) electrons. The van der Waals surface area contributed by atoms with Gasteiger partial charge in [0.2, 0.25) is 5.91 Å². The minimum absolute atomic E-state index is 0.142. The number of amides is 1. The first-order valence-corrected chi connectivity index (χ1v) is 14.8. The van der Waals surface area contributed by atoms with Gasteiger partial charge >= 0.3 is 0 Å². The van der Waals surface area contributed by atoms with E-state index in [1.165, 1.54) is 12.3 Å². The van der Waals surface area contributed by atoms with Gasteiger partial charge in [0.05, 0.1) is 35.8 Å². The summed E-state index contributed by atoms with van der Waals surface area (Å²) < 4.78 is 6.37. The number of hydrogen-bond donors (Lipinski definition) is 5. The molecule has 2 aliphatic heterocycles. The highest BCUT2D eigenvalue weighted by Crippen LogP contribution is 2.45. The van der Waals surface area contributed by atoms with Crippen LogP contribution in [0.3, 0.4) is 0 Å². The number of nitrogens with two attached hydrogens (primary N) is 1. The first-order chi connectivity index (χ1) is 21.0. The van der Waals surface area contributed by atoms with Gasteiger partial charge in [0, 0.05) is 54.8 Å². The molecule has 0 spiro atoms. The Kier molecular flexibility index (Phi) is 8.62. The van der Waals surface area contributed by atoms with Crippen LogP contribution in [0.1, 0.15) is 54.3 Å². The van der Waals surface area contributed by atoms with Crippen molar-refractivity contribution in [3.05, 3.63) is 70.0 Å². The summed E-state index contributed by atoms with van der Waals surface area (Å²) >= 11 is 7.13. The second kappa shape index (κ2) is 12.3. The molecule has 3 aromatic rings. The maximum absolute atomic E-state index is 12.5. The lowest BCUT2D eigenvalue weighted by Crippen LogP contribution is -2.61. The fourth-order valence-electron chi connectivity index (χ4n) is 6.10. The van der Waals surface area contributed by atoms with Crippen molar-refractivity contribution in [2.24, 2.45) is 0 Å². The number of ether oxygens (including phenoxy) is 1. The summed E-state index contributed by atoms with van der Waals surface area (Å²) in [4.78, 5) is 25.7. The van der Waals surface area contributed by atoms with E-state index in [-0.39, 0.29) is 47.0 Å². The van der Waals surface area contributed by atoms with E-state index in [2.05, 4.69) is 16.9 Å². The Labute approximate surface area is 261 Å². The number of aliphatic hydroxyl groups excluding tert-OH is 1. The Balaban J connectivity index is 1.76. The number of piperazine rings is 1. The van der Waals surface area contributed by atoms with Crippen molar-refractivity contribution in [2.75, 3.05) is 30.7 Å². The number of nitrogens with zero attached hydrogens (tertiary/aromatic N) is 4. The van der Waals surface area contributed by atoms with Crippen LogP contribution >= 0.6 is 11.6 Å². The molecule has 2 aliphatic rings. The maximum atomic E-state index is 12.5. The Morgan fingerprint density at radius 3 is 2.70 bits per heavy atom. The molecule has 1 fully saturated rings. The minimum Gasteiger partial charge on any atom is -0.491 e. The summed E-state index contributed by atoms with van der Waals surface area (Å²) in [6, 6.07) is 5.01. The SMILES string of the molecule is C=CC(=O)N1CC(C)N2C(=N)c3c(Nc4c(C)ccnc4C(C)O)nc(-c4c(C)ccc(N)c4C=N)c(Cl)c3OCCC2C1. The summed E-state index contributed by atoms with van der Waals surface area (Å²) in [6.45, 7) is 12.1. The number of anilines is 3. The van der Waals surface area contributed by atoms with Gasteiger partial charge in [0.1, 0.15) is 22.2 Å². The monoisotopic (exact) mass is 616 g/mol. The third-order valence-corrected chi connectivity index (χ3v) is 8.60.